The quantitative estimate of drug-likeness (QED) is 0.822. The van der Waals surface area contributed by atoms with Crippen LogP contribution in [-0.4, -0.2) is 62.1 Å². The van der Waals surface area contributed by atoms with Gasteiger partial charge in [-0.25, -0.2) is 0 Å². The molecule has 1 aromatic carbocycles. The molecule has 1 saturated heterocycles. The molecule has 0 bridgehead atoms. The Kier molecular flexibility index (Phi) is 4.93. The molecular weight excluding hydrogens is 240 g/mol. The molecule has 104 valence electrons. The summed E-state index contributed by atoms with van der Waals surface area (Å²) in [6.07, 6.45) is 0. The number of hydrogen-bond acceptors (Lipinski definition) is 3. The third-order valence-corrected chi connectivity index (χ3v) is 3.58. The molecule has 2 rings (SSSR count). The average Bonchev–Trinajstić information content (AvgIpc) is 2.45. The van der Waals surface area contributed by atoms with Gasteiger partial charge in [-0.05, 0) is 18.6 Å². The van der Waals surface area contributed by atoms with E-state index in [2.05, 4.69) is 4.90 Å². The molecule has 0 radical (unpaired) electrons. The second kappa shape index (κ2) is 6.68. The van der Waals surface area contributed by atoms with Crippen molar-refractivity contribution in [2.75, 3.05) is 46.4 Å². The molecule has 1 heterocycles. The fraction of sp³-hybridized carbons (Fsp3) is 0.533. The molecule has 4 heteroatoms. The third-order valence-electron chi connectivity index (χ3n) is 3.58. The van der Waals surface area contributed by atoms with Crippen LogP contribution < -0.4 is 0 Å². The highest BCUT2D eigenvalue weighted by Crippen LogP contribution is 2.09. The Morgan fingerprint density at radius 1 is 1.32 bits per heavy atom. The van der Waals surface area contributed by atoms with Crippen molar-refractivity contribution in [3.8, 4) is 0 Å². The Balaban J connectivity index is 1.87. The first-order valence-corrected chi connectivity index (χ1v) is 6.79. The SMILES string of the molecule is Cc1ccccc1C(=O)N(C)CCN1CCOCC1. The number of morpholine rings is 1. The number of rotatable bonds is 4. The van der Waals surface area contributed by atoms with Crippen LogP contribution in [0.25, 0.3) is 0 Å². The number of ether oxygens (including phenoxy) is 1. The molecule has 1 aliphatic rings. The van der Waals surface area contributed by atoms with E-state index in [1.54, 1.807) is 4.90 Å². The van der Waals surface area contributed by atoms with E-state index < -0.39 is 0 Å². The molecule has 1 aliphatic heterocycles. The molecule has 0 atom stereocenters. The van der Waals surface area contributed by atoms with Gasteiger partial charge in [0, 0.05) is 38.8 Å². The number of likely N-dealkylation sites (N-methyl/N-ethyl adjacent to an activating group) is 1. The molecule has 0 aliphatic carbocycles. The summed E-state index contributed by atoms with van der Waals surface area (Å²) in [5, 5.41) is 0. The molecule has 0 spiro atoms. The smallest absolute Gasteiger partial charge is 0.253 e. The van der Waals surface area contributed by atoms with Crippen molar-refractivity contribution in [1.29, 1.82) is 0 Å². The highest BCUT2D eigenvalue weighted by atomic mass is 16.5. The summed E-state index contributed by atoms with van der Waals surface area (Å²) in [5.41, 5.74) is 1.83. The Morgan fingerprint density at radius 3 is 2.68 bits per heavy atom. The van der Waals surface area contributed by atoms with Crippen molar-refractivity contribution in [3.05, 3.63) is 35.4 Å². The van der Waals surface area contributed by atoms with E-state index in [-0.39, 0.29) is 5.91 Å². The zero-order valence-electron chi connectivity index (χ0n) is 11.8. The molecule has 0 aromatic heterocycles. The van der Waals surface area contributed by atoms with Crippen molar-refractivity contribution in [3.63, 3.8) is 0 Å². The van der Waals surface area contributed by atoms with Crippen molar-refractivity contribution in [2.24, 2.45) is 0 Å². The third kappa shape index (κ3) is 3.78. The fourth-order valence-corrected chi connectivity index (χ4v) is 2.24. The summed E-state index contributed by atoms with van der Waals surface area (Å²) in [5.74, 6) is 0.103. The molecule has 0 N–H and O–H groups in total. The van der Waals surface area contributed by atoms with E-state index in [1.165, 1.54) is 0 Å². The lowest BCUT2D eigenvalue weighted by Crippen LogP contribution is -2.42. The zero-order valence-corrected chi connectivity index (χ0v) is 11.8. The predicted molar refractivity (Wildman–Crippen MR) is 75.4 cm³/mol. The summed E-state index contributed by atoms with van der Waals surface area (Å²) in [6.45, 7) is 7.18. The zero-order chi connectivity index (χ0) is 13.7. The van der Waals surface area contributed by atoms with E-state index in [0.717, 1.165) is 50.5 Å². The number of nitrogens with zero attached hydrogens (tertiary/aromatic N) is 2. The lowest BCUT2D eigenvalue weighted by molar-refractivity contribution is 0.0338. The normalized spacial score (nSPS) is 16.3. The molecule has 0 unspecified atom stereocenters. The Bertz CT molecular complexity index is 428. The standard InChI is InChI=1S/C15H22N2O2/c1-13-5-3-4-6-14(13)15(18)16(2)7-8-17-9-11-19-12-10-17/h3-6H,7-12H2,1-2H3. The van der Waals surface area contributed by atoms with Crippen LogP contribution in [-0.2, 0) is 4.74 Å². The van der Waals surface area contributed by atoms with Gasteiger partial charge in [0.1, 0.15) is 0 Å². The van der Waals surface area contributed by atoms with Gasteiger partial charge < -0.3 is 9.64 Å². The lowest BCUT2D eigenvalue weighted by atomic mass is 10.1. The number of aryl methyl sites for hydroxylation is 1. The van der Waals surface area contributed by atoms with Gasteiger partial charge in [-0.15, -0.1) is 0 Å². The molecule has 1 fully saturated rings. The van der Waals surface area contributed by atoms with Crippen LogP contribution in [0.1, 0.15) is 15.9 Å². The van der Waals surface area contributed by atoms with Gasteiger partial charge in [0.05, 0.1) is 13.2 Å². The molecular formula is C15H22N2O2. The highest BCUT2D eigenvalue weighted by Gasteiger charge is 2.15. The fourth-order valence-electron chi connectivity index (χ4n) is 2.24. The summed E-state index contributed by atoms with van der Waals surface area (Å²) in [4.78, 5) is 16.5. The maximum Gasteiger partial charge on any atom is 0.253 e. The van der Waals surface area contributed by atoms with Gasteiger partial charge in [0.25, 0.3) is 5.91 Å². The van der Waals surface area contributed by atoms with Gasteiger partial charge in [-0.3, -0.25) is 9.69 Å². The molecule has 1 amide bonds. The first-order valence-electron chi connectivity index (χ1n) is 6.79. The van der Waals surface area contributed by atoms with E-state index in [0.29, 0.717) is 0 Å². The number of amides is 1. The molecule has 19 heavy (non-hydrogen) atoms. The Morgan fingerprint density at radius 2 is 2.00 bits per heavy atom. The van der Waals surface area contributed by atoms with Crippen LogP contribution in [0.3, 0.4) is 0 Å². The van der Waals surface area contributed by atoms with Crippen molar-refractivity contribution in [1.82, 2.24) is 9.80 Å². The van der Waals surface area contributed by atoms with Crippen LogP contribution in [0, 0.1) is 6.92 Å². The van der Waals surface area contributed by atoms with Gasteiger partial charge in [-0.2, -0.15) is 0 Å². The van der Waals surface area contributed by atoms with E-state index >= 15 is 0 Å². The molecule has 1 aromatic rings. The van der Waals surface area contributed by atoms with Gasteiger partial charge in [0.15, 0.2) is 0 Å². The van der Waals surface area contributed by atoms with Gasteiger partial charge in [-0.1, -0.05) is 18.2 Å². The second-order valence-corrected chi connectivity index (χ2v) is 5.00. The van der Waals surface area contributed by atoms with Crippen molar-refractivity contribution < 1.29 is 9.53 Å². The number of carbonyl (C=O) groups excluding carboxylic acids is 1. The summed E-state index contributed by atoms with van der Waals surface area (Å²) < 4.78 is 5.32. The second-order valence-electron chi connectivity index (χ2n) is 5.00. The molecule has 4 nitrogen and oxygen atoms in total. The Labute approximate surface area is 115 Å². The minimum absolute atomic E-state index is 0.103. The Hall–Kier alpha value is -1.39. The number of carbonyl (C=O) groups is 1. The van der Waals surface area contributed by atoms with Crippen LogP contribution in [0.5, 0.6) is 0 Å². The van der Waals surface area contributed by atoms with Crippen LogP contribution >= 0.6 is 0 Å². The largest absolute Gasteiger partial charge is 0.379 e. The maximum atomic E-state index is 12.3. The van der Waals surface area contributed by atoms with Crippen LogP contribution in [0.2, 0.25) is 0 Å². The summed E-state index contributed by atoms with van der Waals surface area (Å²) in [6, 6.07) is 7.74. The van der Waals surface area contributed by atoms with E-state index in [9.17, 15) is 4.79 Å². The van der Waals surface area contributed by atoms with E-state index in [1.807, 2.05) is 38.2 Å². The summed E-state index contributed by atoms with van der Waals surface area (Å²) >= 11 is 0. The van der Waals surface area contributed by atoms with Crippen molar-refractivity contribution in [2.45, 2.75) is 6.92 Å². The first kappa shape index (κ1) is 14.0. The number of benzene rings is 1. The van der Waals surface area contributed by atoms with E-state index in [4.69, 9.17) is 4.74 Å². The average molecular weight is 262 g/mol. The molecule has 0 saturated carbocycles. The van der Waals surface area contributed by atoms with Crippen LogP contribution in [0.4, 0.5) is 0 Å². The lowest BCUT2D eigenvalue weighted by Gasteiger charge is -2.28. The topological polar surface area (TPSA) is 32.8 Å². The van der Waals surface area contributed by atoms with Gasteiger partial charge in [0.2, 0.25) is 0 Å². The minimum Gasteiger partial charge on any atom is -0.379 e. The summed E-state index contributed by atoms with van der Waals surface area (Å²) in [7, 11) is 1.87. The minimum atomic E-state index is 0.103. The first-order chi connectivity index (χ1) is 9.18. The highest BCUT2D eigenvalue weighted by molar-refractivity contribution is 5.95. The monoisotopic (exact) mass is 262 g/mol. The maximum absolute atomic E-state index is 12.3. The van der Waals surface area contributed by atoms with Gasteiger partial charge >= 0.3 is 0 Å². The number of hydrogen-bond donors (Lipinski definition) is 0. The predicted octanol–water partition coefficient (Wildman–Crippen LogP) is 1.40. The van der Waals surface area contributed by atoms with Crippen LogP contribution in [0.15, 0.2) is 24.3 Å². The van der Waals surface area contributed by atoms with Crippen molar-refractivity contribution >= 4 is 5.91 Å².